The number of halogens is 1. The number of fused-ring (bicyclic) bond motifs is 1. The molecule has 2 aromatic rings. The molecule has 0 N–H and O–H groups in total. The molecule has 25 heavy (non-hydrogen) atoms. The molecule has 0 radical (unpaired) electrons. The maximum absolute atomic E-state index is 12.1. The van der Waals surface area contributed by atoms with Crippen LogP contribution < -0.4 is 9.47 Å². The summed E-state index contributed by atoms with van der Waals surface area (Å²) >= 11 is 8.76. The summed E-state index contributed by atoms with van der Waals surface area (Å²) in [5, 5.41) is 0. The SMILES string of the molecule is O=C(CSCc1ccc(Cl)s1)OCC(=O)c1ccc2c(c1)OCCO2. The van der Waals surface area contributed by atoms with Crippen LogP contribution in [0, 0.1) is 0 Å². The molecule has 1 aromatic heterocycles. The van der Waals surface area contributed by atoms with Crippen LogP contribution in [0.4, 0.5) is 0 Å². The maximum Gasteiger partial charge on any atom is 0.316 e. The minimum absolute atomic E-state index is 0.184. The summed E-state index contributed by atoms with van der Waals surface area (Å²) < 4.78 is 16.6. The van der Waals surface area contributed by atoms with Crippen LogP contribution in [0.1, 0.15) is 15.2 Å². The van der Waals surface area contributed by atoms with Gasteiger partial charge in [-0.15, -0.1) is 23.1 Å². The first kappa shape index (κ1) is 18.1. The van der Waals surface area contributed by atoms with Crippen LogP contribution in [-0.4, -0.2) is 37.3 Å². The lowest BCUT2D eigenvalue weighted by Gasteiger charge is -2.18. The van der Waals surface area contributed by atoms with Gasteiger partial charge < -0.3 is 14.2 Å². The average Bonchev–Trinajstić information content (AvgIpc) is 3.04. The van der Waals surface area contributed by atoms with E-state index in [2.05, 4.69) is 0 Å². The second-order valence-electron chi connectivity index (χ2n) is 5.14. The van der Waals surface area contributed by atoms with Crippen LogP contribution in [0.3, 0.4) is 0 Å². The Morgan fingerprint density at radius 1 is 1.16 bits per heavy atom. The van der Waals surface area contributed by atoms with Gasteiger partial charge in [0.15, 0.2) is 23.9 Å². The van der Waals surface area contributed by atoms with Crippen molar-refractivity contribution in [2.75, 3.05) is 25.6 Å². The molecule has 132 valence electrons. The number of carbonyl (C=O) groups excluding carboxylic acids is 2. The van der Waals surface area contributed by atoms with Gasteiger partial charge in [0.1, 0.15) is 13.2 Å². The van der Waals surface area contributed by atoms with E-state index in [-0.39, 0.29) is 18.1 Å². The Hall–Kier alpha value is -1.70. The zero-order chi connectivity index (χ0) is 17.6. The molecule has 0 saturated carbocycles. The molecular weight excluding hydrogens is 384 g/mol. The lowest BCUT2D eigenvalue weighted by atomic mass is 10.1. The highest BCUT2D eigenvalue weighted by atomic mass is 35.5. The molecule has 1 aliphatic rings. The summed E-state index contributed by atoms with van der Waals surface area (Å²) in [4.78, 5) is 25.0. The van der Waals surface area contributed by atoms with Crippen molar-refractivity contribution >= 4 is 46.5 Å². The second kappa shape index (κ2) is 8.60. The van der Waals surface area contributed by atoms with E-state index < -0.39 is 5.97 Å². The normalized spacial score (nSPS) is 12.7. The number of hydrogen-bond acceptors (Lipinski definition) is 7. The molecule has 1 aliphatic heterocycles. The predicted octanol–water partition coefficient (Wildman–Crippen LogP) is 3.83. The summed E-state index contributed by atoms with van der Waals surface area (Å²) in [5.74, 6) is 1.32. The van der Waals surface area contributed by atoms with E-state index in [0.29, 0.717) is 36.0 Å². The van der Waals surface area contributed by atoms with Crippen LogP contribution in [0.25, 0.3) is 0 Å². The number of Topliss-reactive ketones (excluding diaryl/α,β-unsaturated/α-hetero) is 1. The monoisotopic (exact) mass is 398 g/mol. The summed E-state index contributed by atoms with van der Waals surface area (Å²) in [6.45, 7) is 0.656. The molecule has 0 aliphatic carbocycles. The van der Waals surface area contributed by atoms with Gasteiger partial charge >= 0.3 is 5.97 Å². The number of hydrogen-bond donors (Lipinski definition) is 0. The zero-order valence-corrected chi connectivity index (χ0v) is 15.5. The third-order valence-corrected chi connectivity index (χ3v) is 5.69. The summed E-state index contributed by atoms with van der Waals surface area (Å²) in [6.07, 6.45) is 0. The van der Waals surface area contributed by atoms with E-state index in [1.54, 1.807) is 18.2 Å². The number of benzene rings is 1. The summed E-state index contributed by atoms with van der Waals surface area (Å²) in [5.41, 5.74) is 0.429. The third-order valence-electron chi connectivity index (χ3n) is 3.32. The van der Waals surface area contributed by atoms with Gasteiger partial charge in [0.2, 0.25) is 0 Å². The quantitative estimate of drug-likeness (QED) is 0.521. The Morgan fingerprint density at radius 2 is 1.96 bits per heavy atom. The number of carbonyl (C=O) groups is 2. The van der Waals surface area contributed by atoms with Crippen molar-refractivity contribution in [1.29, 1.82) is 0 Å². The number of ketones is 1. The Morgan fingerprint density at radius 3 is 2.72 bits per heavy atom. The molecule has 0 spiro atoms. The molecule has 0 unspecified atom stereocenters. The van der Waals surface area contributed by atoms with E-state index >= 15 is 0 Å². The first-order valence-electron chi connectivity index (χ1n) is 7.52. The van der Waals surface area contributed by atoms with Crippen LogP contribution in [0.2, 0.25) is 4.34 Å². The lowest BCUT2D eigenvalue weighted by molar-refractivity contribution is -0.139. The minimum Gasteiger partial charge on any atom is -0.486 e. The van der Waals surface area contributed by atoms with E-state index in [1.165, 1.54) is 23.1 Å². The van der Waals surface area contributed by atoms with Crippen molar-refractivity contribution in [3.63, 3.8) is 0 Å². The molecule has 0 amide bonds. The Bertz CT molecular complexity index is 774. The standard InChI is InChI=1S/C17H15ClO5S2/c18-16-4-2-12(25-16)9-24-10-17(20)23-8-13(19)11-1-3-14-15(7-11)22-6-5-21-14/h1-4,7H,5-6,8-10H2. The maximum atomic E-state index is 12.1. The Balaban J connectivity index is 1.43. The van der Waals surface area contributed by atoms with E-state index in [1.807, 2.05) is 12.1 Å². The topological polar surface area (TPSA) is 61.8 Å². The Labute approximate surface area is 158 Å². The molecule has 0 saturated heterocycles. The number of thiophene rings is 1. The van der Waals surface area contributed by atoms with Gasteiger partial charge in [-0.25, -0.2) is 0 Å². The van der Waals surface area contributed by atoms with Crippen LogP contribution in [0.5, 0.6) is 11.5 Å². The first-order chi connectivity index (χ1) is 12.1. The highest BCUT2D eigenvalue weighted by Crippen LogP contribution is 2.31. The van der Waals surface area contributed by atoms with Gasteiger partial charge in [-0.2, -0.15) is 0 Å². The predicted molar refractivity (Wildman–Crippen MR) is 98.2 cm³/mol. The first-order valence-corrected chi connectivity index (χ1v) is 9.87. The largest absolute Gasteiger partial charge is 0.486 e. The smallest absolute Gasteiger partial charge is 0.316 e. The fourth-order valence-electron chi connectivity index (χ4n) is 2.15. The zero-order valence-electron chi connectivity index (χ0n) is 13.2. The highest BCUT2D eigenvalue weighted by Gasteiger charge is 2.16. The van der Waals surface area contributed by atoms with Gasteiger partial charge in [0.25, 0.3) is 0 Å². The van der Waals surface area contributed by atoms with Crippen molar-refractivity contribution in [2.24, 2.45) is 0 Å². The van der Waals surface area contributed by atoms with Crippen molar-refractivity contribution in [2.45, 2.75) is 5.75 Å². The fourth-order valence-corrected chi connectivity index (χ4v) is 4.17. The van der Waals surface area contributed by atoms with Crippen molar-refractivity contribution in [3.8, 4) is 11.5 Å². The Kier molecular flexibility index (Phi) is 6.23. The van der Waals surface area contributed by atoms with E-state index in [9.17, 15) is 9.59 Å². The van der Waals surface area contributed by atoms with Gasteiger partial charge in [-0.3, -0.25) is 9.59 Å². The molecule has 8 heteroatoms. The molecule has 0 bridgehead atoms. The summed E-state index contributed by atoms with van der Waals surface area (Å²) in [7, 11) is 0. The number of thioether (sulfide) groups is 1. The van der Waals surface area contributed by atoms with Crippen molar-refractivity contribution in [3.05, 3.63) is 45.1 Å². The lowest BCUT2D eigenvalue weighted by Crippen LogP contribution is -2.18. The van der Waals surface area contributed by atoms with Crippen LogP contribution in [-0.2, 0) is 15.3 Å². The number of ether oxygens (including phenoxy) is 3. The van der Waals surface area contributed by atoms with Gasteiger partial charge in [0, 0.05) is 16.2 Å². The third kappa shape index (κ3) is 5.14. The van der Waals surface area contributed by atoms with E-state index in [4.69, 9.17) is 25.8 Å². The van der Waals surface area contributed by atoms with Crippen molar-refractivity contribution in [1.82, 2.24) is 0 Å². The van der Waals surface area contributed by atoms with E-state index in [0.717, 1.165) is 9.21 Å². The molecular formula is C17H15ClO5S2. The van der Waals surface area contributed by atoms with Crippen molar-refractivity contribution < 1.29 is 23.8 Å². The minimum atomic E-state index is -0.418. The van der Waals surface area contributed by atoms with Gasteiger partial charge in [0.05, 0.1) is 10.1 Å². The van der Waals surface area contributed by atoms with Crippen LogP contribution >= 0.6 is 34.7 Å². The van der Waals surface area contributed by atoms with Gasteiger partial charge in [-0.05, 0) is 30.3 Å². The molecule has 1 aromatic carbocycles. The van der Waals surface area contributed by atoms with Gasteiger partial charge in [-0.1, -0.05) is 11.6 Å². The molecule has 3 rings (SSSR count). The molecule has 5 nitrogen and oxygen atoms in total. The molecule has 0 atom stereocenters. The molecule has 0 fully saturated rings. The second-order valence-corrected chi connectivity index (χ2v) is 7.93. The summed E-state index contributed by atoms with van der Waals surface area (Å²) in [6, 6.07) is 8.69. The highest BCUT2D eigenvalue weighted by molar-refractivity contribution is 7.99. The molecule has 2 heterocycles. The van der Waals surface area contributed by atoms with Crippen LogP contribution in [0.15, 0.2) is 30.3 Å². The fraction of sp³-hybridized carbons (Fsp3) is 0.294. The number of rotatable bonds is 7. The number of esters is 1. The average molecular weight is 399 g/mol.